The summed E-state index contributed by atoms with van der Waals surface area (Å²) in [4.78, 5) is 30.9. The summed E-state index contributed by atoms with van der Waals surface area (Å²) in [5.41, 5.74) is 5.29. The Labute approximate surface area is 255 Å². The molecule has 0 atom stereocenters. The van der Waals surface area contributed by atoms with Gasteiger partial charge in [-0.25, -0.2) is 0 Å². The van der Waals surface area contributed by atoms with Gasteiger partial charge < -0.3 is 19.7 Å². The molecule has 2 saturated heterocycles. The summed E-state index contributed by atoms with van der Waals surface area (Å²) in [5, 5.41) is 4.40. The number of carbonyl (C=O) groups is 2. The van der Waals surface area contributed by atoms with Gasteiger partial charge in [-0.05, 0) is 75.4 Å². The van der Waals surface area contributed by atoms with Crippen molar-refractivity contribution in [2.24, 2.45) is 0 Å². The Bertz CT molecular complexity index is 1470. The van der Waals surface area contributed by atoms with Crippen molar-refractivity contribution >= 4 is 22.7 Å². The van der Waals surface area contributed by atoms with Gasteiger partial charge in [-0.2, -0.15) is 0 Å². The van der Waals surface area contributed by atoms with E-state index < -0.39 is 0 Å². The summed E-state index contributed by atoms with van der Waals surface area (Å²) < 4.78 is 2.28. The lowest BCUT2D eigenvalue weighted by Crippen LogP contribution is -2.32. The fourth-order valence-corrected chi connectivity index (χ4v) is 7.02. The average molecular weight is 577 g/mol. The molecule has 0 saturated carbocycles. The SMILES string of the molecule is O=C(NCCCN1CCCC1=O)c1c(C(c2ccccc2)c2ccccc2)c2ccccc2n1CCCCN1CCCC1. The lowest BCUT2D eigenvalue weighted by atomic mass is 9.83. The topological polar surface area (TPSA) is 57.6 Å². The third kappa shape index (κ3) is 6.70. The number of aryl methyl sites for hydroxylation is 1. The molecule has 2 amide bonds. The molecule has 0 radical (unpaired) electrons. The number of para-hydroxylation sites is 1. The number of carbonyl (C=O) groups excluding carboxylic acids is 2. The molecule has 0 spiro atoms. The summed E-state index contributed by atoms with van der Waals surface area (Å²) >= 11 is 0. The summed E-state index contributed by atoms with van der Waals surface area (Å²) in [6.45, 7) is 6.42. The van der Waals surface area contributed by atoms with E-state index in [2.05, 4.69) is 87.6 Å². The van der Waals surface area contributed by atoms with Gasteiger partial charge in [0, 0.05) is 55.0 Å². The van der Waals surface area contributed by atoms with Crippen molar-refractivity contribution in [1.29, 1.82) is 0 Å². The third-order valence-electron chi connectivity index (χ3n) is 9.15. The number of hydrogen-bond donors (Lipinski definition) is 1. The zero-order valence-corrected chi connectivity index (χ0v) is 25.2. The zero-order chi connectivity index (χ0) is 29.4. The first kappa shape index (κ1) is 29.2. The van der Waals surface area contributed by atoms with Gasteiger partial charge >= 0.3 is 0 Å². The number of rotatable bonds is 13. The smallest absolute Gasteiger partial charge is 0.268 e. The van der Waals surface area contributed by atoms with E-state index in [-0.39, 0.29) is 17.7 Å². The Hall–Kier alpha value is -3.90. The monoisotopic (exact) mass is 576 g/mol. The summed E-state index contributed by atoms with van der Waals surface area (Å²) in [5.74, 6) is 0.118. The predicted octanol–water partition coefficient (Wildman–Crippen LogP) is 6.44. The fraction of sp³-hybridized carbons (Fsp3) is 0.405. The number of hydrogen-bond acceptors (Lipinski definition) is 3. The van der Waals surface area contributed by atoms with E-state index >= 15 is 0 Å². The summed E-state index contributed by atoms with van der Waals surface area (Å²) in [6, 6.07) is 29.7. The second kappa shape index (κ2) is 14.0. The number of fused-ring (bicyclic) bond motifs is 1. The molecule has 0 unspecified atom stereocenters. The van der Waals surface area contributed by atoms with Crippen LogP contribution in [-0.2, 0) is 11.3 Å². The molecule has 2 aliphatic heterocycles. The van der Waals surface area contributed by atoms with Gasteiger partial charge in [-0.15, -0.1) is 0 Å². The van der Waals surface area contributed by atoms with Crippen LogP contribution in [0.3, 0.4) is 0 Å². The predicted molar refractivity (Wildman–Crippen MR) is 173 cm³/mol. The van der Waals surface area contributed by atoms with Crippen LogP contribution in [0.15, 0.2) is 84.9 Å². The molecule has 0 aliphatic carbocycles. The van der Waals surface area contributed by atoms with Crippen LogP contribution in [0.25, 0.3) is 10.9 Å². The molecule has 1 N–H and O–H groups in total. The number of nitrogens with one attached hydrogen (secondary N) is 1. The van der Waals surface area contributed by atoms with Gasteiger partial charge in [-0.1, -0.05) is 78.9 Å². The van der Waals surface area contributed by atoms with E-state index in [1.807, 2.05) is 17.0 Å². The number of benzene rings is 3. The molecule has 6 rings (SSSR count). The van der Waals surface area contributed by atoms with Crippen LogP contribution in [0.1, 0.15) is 78.0 Å². The molecule has 43 heavy (non-hydrogen) atoms. The lowest BCUT2D eigenvalue weighted by molar-refractivity contribution is -0.127. The molecule has 1 aromatic heterocycles. The fourth-order valence-electron chi connectivity index (χ4n) is 7.02. The maximum Gasteiger partial charge on any atom is 0.268 e. The number of amides is 2. The molecule has 6 heteroatoms. The zero-order valence-electron chi connectivity index (χ0n) is 25.2. The van der Waals surface area contributed by atoms with Crippen molar-refractivity contribution in [3.8, 4) is 0 Å². The van der Waals surface area contributed by atoms with Crippen molar-refractivity contribution in [2.75, 3.05) is 39.3 Å². The van der Waals surface area contributed by atoms with Crippen LogP contribution in [0.2, 0.25) is 0 Å². The van der Waals surface area contributed by atoms with Crippen molar-refractivity contribution in [2.45, 2.75) is 57.4 Å². The molecule has 2 fully saturated rings. The Morgan fingerprint density at radius 3 is 2.05 bits per heavy atom. The third-order valence-corrected chi connectivity index (χ3v) is 9.15. The first-order chi connectivity index (χ1) is 21.2. The summed E-state index contributed by atoms with van der Waals surface area (Å²) in [6.07, 6.45) is 7.09. The van der Waals surface area contributed by atoms with Crippen molar-refractivity contribution in [3.63, 3.8) is 0 Å². The average Bonchev–Trinajstić information content (AvgIpc) is 3.79. The quantitative estimate of drug-likeness (QED) is 0.186. The second-order valence-corrected chi connectivity index (χ2v) is 12.0. The van der Waals surface area contributed by atoms with Gasteiger partial charge in [-0.3, -0.25) is 9.59 Å². The van der Waals surface area contributed by atoms with E-state index in [1.54, 1.807) is 0 Å². The van der Waals surface area contributed by atoms with Gasteiger partial charge in [0.05, 0.1) is 0 Å². The van der Waals surface area contributed by atoms with Crippen LogP contribution in [0.4, 0.5) is 0 Å². The minimum absolute atomic E-state index is 0.0321. The van der Waals surface area contributed by atoms with E-state index in [1.165, 1.54) is 37.1 Å². The molecule has 3 aromatic carbocycles. The van der Waals surface area contributed by atoms with Crippen molar-refractivity contribution < 1.29 is 9.59 Å². The van der Waals surface area contributed by atoms with Crippen molar-refractivity contribution in [1.82, 2.24) is 19.7 Å². The standard InChI is InChI=1S/C37H44N4O2/c42-33-21-13-26-40(33)27-14-22-38-37(43)36-35(34(29-15-3-1-4-16-29)30-17-5-2-6-18-30)31-19-7-8-20-32(31)41(36)28-12-11-25-39-23-9-10-24-39/h1-8,15-20,34H,9-14,21-28H2,(H,38,43). The highest BCUT2D eigenvalue weighted by molar-refractivity contribution is 6.02. The first-order valence-electron chi connectivity index (χ1n) is 16.2. The van der Waals surface area contributed by atoms with Gasteiger partial charge in [0.1, 0.15) is 5.69 Å². The minimum Gasteiger partial charge on any atom is -0.351 e. The molecule has 3 heterocycles. The largest absolute Gasteiger partial charge is 0.351 e. The van der Waals surface area contributed by atoms with Crippen molar-refractivity contribution in [3.05, 3.63) is 107 Å². The normalized spacial score (nSPS) is 15.7. The van der Waals surface area contributed by atoms with E-state index in [0.29, 0.717) is 19.5 Å². The van der Waals surface area contributed by atoms with E-state index in [0.717, 1.165) is 67.5 Å². The maximum absolute atomic E-state index is 14.3. The van der Waals surface area contributed by atoms with Crippen LogP contribution in [-0.4, -0.2) is 65.4 Å². The number of unbranched alkanes of at least 4 members (excludes halogenated alkanes) is 1. The Balaban J connectivity index is 1.35. The highest BCUT2D eigenvalue weighted by Crippen LogP contribution is 2.40. The molecular weight excluding hydrogens is 532 g/mol. The number of likely N-dealkylation sites (tertiary alicyclic amines) is 2. The highest BCUT2D eigenvalue weighted by atomic mass is 16.2. The molecular formula is C37H44N4O2. The van der Waals surface area contributed by atoms with Crippen LogP contribution in [0, 0.1) is 0 Å². The second-order valence-electron chi connectivity index (χ2n) is 12.0. The summed E-state index contributed by atoms with van der Waals surface area (Å²) in [7, 11) is 0. The lowest BCUT2D eigenvalue weighted by Gasteiger charge is -2.21. The molecule has 0 bridgehead atoms. The highest BCUT2D eigenvalue weighted by Gasteiger charge is 2.30. The van der Waals surface area contributed by atoms with Crippen LogP contribution >= 0.6 is 0 Å². The Morgan fingerprint density at radius 2 is 1.37 bits per heavy atom. The molecule has 2 aliphatic rings. The van der Waals surface area contributed by atoms with Gasteiger partial charge in [0.25, 0.3) is 5.91 Å². The number of nitrogens with zero attached hydrogens (tertiary/aromatic N) is 3. The van der Waals surface area contributed by atoms with Gasteiger partial charge in [0.15, 0.2) is 0 Å². The number of aromatic nitrogens is 1. The molecule has 224 valence electrons. The van der Waals surface area contributed by atoms with Crippen LogP contribution < -0.4 is 5.32 Å². The Morgan fingerprint density at radius 1 is 0.721 bits per heavy atom. The Kier molecular flexibility index (Phi) is 9.53. The maximum atomic E-state index is 14.3. The minimum atomic E-state index is -0.0823. The molecule has 4 aromatic rings. The van der Waals surface area contributed by atoms with Gasteiger partial charge in [0.2, 0.25) is 5.91 Å². The van der Waals surface area contributed by atoms with E-state index in [9.17, 15) is 9.59 Å². The van der Waals surface area contributed by atoms with E-state index in [4.69, 9.17) is 0 Å². The van der Waals surface area contributed by atoms with Crippen LogP contribution in [0.5, 0.6) is 0 Å². The molecule has 6 nitrogen and oxygen atoms in total. The first-order valence-corrected chi connectivity index (χ1v) is 16.2.